The molecule has 0 saturated carbocycles. The molecule has 2 saturated heterocycles. The predicted molar refractivity (Wildman–Crippen MR) is 120 cm³/mol. The van der Waals surface area contributed by atoms with Crippen LogP contribution in [0.4, 0.5) is 5.13 Å². The topological polar surface area (TPSA) is 77.2 Å². The summed E-state index contributed by atoms with van der Waals surface area (Å²) in [6, 6.07) is 7.74. The molecule has 2 aliphatic heterocycles. The molecule has 2 aliphatic rings. The van der Waals surface area contributed by atoms with E-state index in [1.54, 1.807) is 0 Å². The maximum Gasteiger partial charge on any atom is 0.272 e. The number of carbonyl (C=O) groups excluding carboxylic acids is 1. The van der Waals surface area contributed by atoms with Gasteiger partial charge in [-0.15, -0.1) is 11.3 Å². The van der Waals surface area contributed by atoms with Gasteiger partial charge in [0, 0.05) is 49.2 Å². The number of rotatable bonds is 6. The maximum atomic E-state index is 12.6. The number of aromatic amines is 1. The molecule has 1 aromatic carbocycles. The molecule has 5 rings (SSSR count). The standard InChI is InChI=1S/C22H28N6OS/c29-21(20-18-7-1-2-8-19(18)25-26-20)23-12-16-6-5-9-27(14-16)15-17-13-24-22(30-17)28-10-3-4-11-28/h1-2,7-8,13,16H,3-6,9-12,14-15H2,(H,23,29)(H,25,26). The van der Waals surface area contributed by atoms with Crippen LogP contribution in [0.25, 0.3) is 10.9 Å². The fraction of sp³-hybridized carbons (Fsp3) is 0.500. The first-order valence-electron chi connectivity index (χ1n) is 10.9. The molecule has 7 nitrogen and oxygen atoms in total. The largest absolute Gasteiger partial charge is 0.350 e. The summed E-state index contributed by atoms with van der Waals surface area (Å²) >= 11 is 1.83. The Bertz CT molecular complexity index is 1010. The van der Waals surface area contributed by atoms with Gasteiger partial charge in [0.15, 0.2) is 10.8 Å². The Balaban J connectivity index is 1.14. The minimum Gasteiger partial charge on any atom is -0.350 e. The van der Waals surface area contributed by atoms with E-state index < -0.39 is 0 Å². The van der Waals surface area contributed by atoms with Gasteiger partial charge in [0.05, 0.1) is 5.52 Å². The van der Waals surface area contributed by atoms with Crippen LogP contribution in [0, 0.1) is 5.92 Å². The van der Waals surface area contributed by atoms with Crippen molar-refractivity contribution in [1.82, 2.24) is 25.4 Å². The molecule has 8 heteroatoms. The molecule has 2 fully saturated rings. The molecular formula is C22H28N6OS. The Kier molecular flexibility index (Phi) is 5.68. The second-order valence-electron chi connectivity index (χ2n) is 8.37. The number of thiazole rings is 1. The monoisotopic (exact) mass is 424 g/mol. The van der Waals surface area contributed by atoms with Crippen LogP contribution in [0.2, 0.25) is 0 Å². The molecule has 1 unspecified atom stereocenters. The number of para-hydroxylation sites is 1. The number of hydrogen-bond donors (Lipinski definition) is 2. The summed E-state index contributed by atoms with van der Waals surface area (Å²) in [7, 11) is 0. The Morgan fingerprint density at radius 1 is 1.20 bits per heavy atom. The van der Waals surface area contributed by atoms with E-state index in [0.717, 1.165) is 50.0 Å². The van der Waals surface area contributed by atoms with E-state index in [4.69, 9.17) is 0 Å². The average molecular weight is 425 g/mol. The quantitative estimate of drug-likeness (QED) is 0.635. The normalized spacial score (nSPS) is 20.1. The number of likely N-dealkylation sites (tertiary alicyclic amines) is 1. The highest BCUT2D eigenvalue weighted by molar-refractivity contribution is 7.15. The number of hydrogen-bond acceptors (Lipinski definition) is 6. The number of aromatic nitrogens is 3. The number of nitrogens with one attached hydrogen (secondary N) is 2. The minimum atomic E-state index is -0.0951. The zero-order valence-electron chi connectivity index (χ0n) is 17.1. The van der Waals surface area contributed by atoms with E-state index in [1.165, 1.54) is 29.3 Å². The van der Waals surface area contributed by atoms with Gasteiger partial charge in [-0.1, -0.05) is 18.2 Å². The zero-order valence-corrected chi connectivity index (χ0v) is 18.0. The molecule has 2 N–H and O–H groups in total. The van der Waals surface area contributed by atoms with Crippen LogP contribution in [-0.4, -0.2) is 58.7 Å². The first-order valence-corrected chi connectivity index (χ1v) is 11.7. The second kappa shape index (κ2) is 8.73. The molecule has 158 valence electrons. The summed E-state index contributed by atoms with van der Waals surface area (Å²) in [4.78, 5) is 23.5. The van der Waals surface area contributed by atoms with Gasteiger partial charge in [0.2, 0.25) is 0 Å². The molecule has 4 heterocycles. The number of piperidine rings is 1. The molecule has 0 aliphatic carbocycles. The fourth-order valence-corrected chi connectivity index (χ4v) is 5.57. The first kappa shape index (κ1) is 19.5. The van der Waals surface area contributed by atoms with Crippen LogP contribution in [-0.2, 0) is 6.54 Å². The van der Waals surface area contributed by atoms with Gasteiger partial charge >= 0.3 is 0 Å². The smallest absolute Gasteiger partial charge is 0.272 e. The number of anilines is 1. The average Bonchev–Trinajstić information content (AvgIpc) is 3.52. The van der Waals surface area contributed by atoms with Gasteiger partial charge < -0.3 is 10.2 Å². The maximum absolute atomic E-state index is 12.6. The fourth-order valence-electron chi connectivity index (χ4n) is 4.56. The Morgan fingerprint density at radius 2 is 2.07 bits per heavy atom. The van der Waals surface area contributed by atoms with Crippen molar-refractivity contribution in [2.75, 3.05) is 37.6 Å². The van der Waals surface area contributed by atoms with Crippen molar-refractivity contribution >= 4 is 33.3 Å². The van der Waals surface area contributed by atoms with Gasteiger partial charge in [-0.25, -0.2) is 4.98 Å². The number of fused-ring (bicyclic) bond motifs is 1. The van der Waals surface area contributed by atoms with E-state index in [-0.39, 0.29) is 5.91 Å². The molecule has 1 amide bonds. The molecular weight excluding hydrogens is 396 g/mol. The molecule has 0 bridgehead atoms. The zero-order chi connectivity index (χ0) is 20.3. The second-order valence-corrected chi connectivity index (χ2v) is 9.47. The number of carbonyl (C=O) groups is 1. The molecule has 1 atom stereocenters. The van der Waals surface area contributed by atoms with Gasteiger partial charge in [-0.05, 0) is 44.2 Å². The third-order valence-corrected chi connectivity index (χ3v) is 7.18. The molecule has 0 radical (unpaired) electrons. The summed E-state index contributed by atoms with van der Waals surface area (Å²) in [5.74, 6) is 0.376. The van der Waals surface area contributed by atoms with Crippen molar-refractivity contribution in [3.63, 3.8) is 0 Å². The summed E-state index contributed by atoms with van der Waals surface area (Å²) in [6.45, 7) is 6.07. The van der Waals surface area contributed by atoms with Crippen molar-refractivity contribution in [1.29, 1.82) is 0 Å². The minimum absolute atomic E-state index is 0.0951. The third-order valence-electron chi connectivity index (χ3n) is 6.14. The highest BCUT2D eigenvalue weighted by atomic mass is 32.1. The number of nitrogens with zero attached hydrogens (tertiary/aromatic N) is 4. The van der Waals surface area contributed by atoms with Crippen LogP contribution >= 0.6 is 11.3 Å². The van der Waals surface area contributed by atoms with E-state index in [9.17, 15) is 4.79 Å². The first-order chi connectivity index (χ1) is 14.8. The third kappa shape index (κ3) is 4.20. The van der Waals surface area contributed by atoms with Crippen molar-refractivity contribution in [3.05, 3.63) is 41.0 Å². The summed E-state index contributed by atoms with van der Waals surface area (Å²) in [6.07, 6.45) is 6.93. The van der Waals surface area contributed by atoms with E-state index in [0.29, 0.717) is 18.2 Å². The number of amides is 1. The van der Waals surface area contributed by atoms with Gasteiger partial charge in [-0.3, -0.25) is 14.8 Å². The SMILES string of the molecule is O=C(NCC1CCCN(Cc2cnc(N3CCCC3)s2)C1)c1n[nH]c2ccccc12. The summed E-state index contributed by atoms with van der Waals surface area (Å²) in [5, 5.41) is 12.3. The van der Waals surface area contributed by atoms with E-state index >= 15 is 0 Å². The van der Waals surface area contributed by atoms with Gasteiger partial charge in [0.1, 0.15) is 0 Å². The Morgan fingerprint density at radius 3 is 2.97 bits per heavy atom. The highest BCUT2D eigenvalue weighted by Crippen LogP contribution is 2.28. The van der Waals surface area contributed by atoms with Crippen LogP contribution < -0.4 is 10.2 Å². The van der Waals surface area contributed by atoms with Crippen molar-refractivity contribution in [3.8, 4) is 0 Å². The Hall–Kier alpha value is -2.45. The van der Waals surface area contributed by atoms with Crippen LogP contribution in [0.3, 0.4) is 0 Å². The highest BCUT2D eigenvalue weighted by Gasteiger charge is 2.23. The number of H-pyrrole nitrogens is 1. The Labute approximate surface area is 180 Å². The molecule has 3 aromatic rings. The van der Waals surface area contributed by atoms with Crippen LogP contribution in [0.15, 0.2) is 30.5 Å². The van der Waals surface area contributed by atoms with Crippen LogP contribution in [0.5, 0.6) is 0 Å². The van der Waals surface area contributed by atoms with Crippen molar-refractivity contribution in [2.24, 2.45) is 5.92 Å². The summed E-state index contributed by atoms with van der Waals surface area (Å²) in [5.41, 5.74) is 1.38. The molecule has 30 heavy (non-hydrogen) atoms. The van der Waals surface area contributed by atoms with E-state index in [2.05, 4.69) is 30.3 Å². The molecule has 2 aromatic heterocycles. The summed E-state index contributed by atoms with van der Waals surface area (Å²) < 4.78 is 0. The molecule has 0 spiro atoms. The van der Waals surface area contributed by atoms with Gasteiger partial charge in [0.25, 0.3) is 5.91 Å². The van der Waals surface area contributed by atoms with Crippen LogP contribution in [0.1, 0.15) is 41.0 Å². The van der Waals surface area contributed by atoms with Crippen molar-refractivity contribution in [2.45, 2.75) is 32.2 Å². The van der Waals surface area contributed by atoms with E-state index in [1.807, 2.05) is 41.8 Å². The van der Waals surface area contributed by atoms with Crippen molar-refractivity contribution < 1.29 is 4.79 Å². The van der Waals surface area contributed by atoms with Gasteiger partial charge in [-0.2, -0.15) is 5.10 Å². The lowest BCUT2D eigenvalue weighted by molar-refractivity contribution is 0.0927. The number of benzene rings is 1. The predicted octanol–water partition coefficient (Wildman–Crippen LogP) is 3.26. The lowest BCUT2D eigenvalue weighted by Gasteiger charge is -2.32. The lowest BCUT2D eigenvalue weighted by Crippen LogP contribution is -2.40. The lowest BCUT2D eigenvalue weighted by atomic mass is 9.98.